The molecule has 0 atom stereocenters. The Balaban J connectivity index is 1.88. The van der Waals surface area contributed by atoms with Crippen molar-refractivity contribution in [2.45, 2.75) is 26.4 Å². The van der Waals surface area contributed by atoms with E-state index >= 15 is 0 Å². The van der Waals surface area contributed by atoms with E-state index in [1.165, 1.54) is 5.52 Å². The molecule has 0 saturated heterocycles. The molecule has 3 aromatic rings. The van der Waals surface area contributed by atoms with Crippen molar-refractivity contribution in [2.75, 3.05) is 5.32 Å². The van der Waals surface area contributed by atoms with Gasteiger partial charge in [-0.05, 0) is 30.7 Å². The molecule has 0 radical (unpaired) electrons. The van der Waals surface area contributed by atoms with Crippen molar-refractivity contribution < 1.29 is 0 Å². The van der Waals surface area contributed by atoms with Crippen molar-refractivity contribution in [2.24, 2.45) is 0 Å². The molecule has 0 unspecified atom stereocenters. The lowest BCUT2D eigenvalue weighted by Gasteiger charge is -2.09. The smallest absolute Gasteiger partial charge is 0.129 e. The summed E-state index contributed by atoms with van der Waals surface area (Å²) in [5, 5.41) is 3.37. The van der Waals surface area contributed by atoms with Crippen LogP contribution in [-0.4, -0.2) is 14.5 Å². The predicted octanol–water partition coefficient (Wildman–Crippen LogP) is 3.45. The minimum absolute atomic E-state index is 0.709. The van der Waals surface area contributed by atoms with E-state index in [0.717, 1.165) is 30.0 Å². The fourth-order valence-electron chi connectivity index (χ4n) is 2.38. The van der Waals surface area contributed by atoms with Crippen LogP contribution in [0.15, 0.2) is 48.8 Å². The summed E-state index contributed by atoms with van der Waals surface area (Å²) in [5.41, 5.74) is 3.28. The molecule has 1 N–H and O–H groups in total. The highest BCUT2D eigenvalue weighted by Gasteiger charge is 2.09. The van der Waals surface area contributed by atoms with Crippen molar-refractivity contribution in [1.29, 1.82) is 0 Å². The molecule has 0 aliphatic heterocycles. The largest absolute Gasteiger partial charge is 0.377 e. The summed E-state index contributed by atoms with van der Waals surface area (Å²) in [5.74, 6) is 1.07. The Bertz CT molecular complexity index is 688. The number of aromatic nitrogens is 3. The third kappa shape index (κ3) is 2.50. The molecule has 1 aromatic carbocycles. The lowest BCUT2D eigenvalue weighted by Crippen LogP contribution is -2.08. The molecule has 0 aliphatic rings. The van der Waals surface area contributed by atoms with E-state index in [9.17, 15) is 0 Å². The summed E-state index contributed by atoms with van der Waals surface area (Å²) >= 11 is 0. The summed E-state index contributed by atoms with van der Waals surface area (Å²) in [6.07, 6.45) is 4.70. The van der Waals surface area contributed by atoms with Crippen LogP contribution in [-0.2, 0) is 13.1 Å². The molecule has 0 fully saturated rings. The topological polar surface area (TPSA) is 42.7 Å². The second kappa shape index (κ2) is 5.74. The zero-order valence-electron chi connectivity index (χ0n) is 11.6. The third-order valence-electron chi connectivity index (χ3n) is 3.29. The SMILES string of the molecule is CCCn1c(CNc2cccnc2)nc2ccccc21. The first-order chi connectivity index (χ1) is 9.88. The van der Waals surface area contributed by atoms with E-state index in [1.807, 2.05) is 24.4 Å². The van der Waals surface area contributed by atoms with Gasteiger partial charge in [-0.15, -0.1) is 0 Å². The average Bonchev–Trinajstić information content (AvgIpc) is 2.85. The van der Waals surface area contributed by atoms with Gasteiger partial charge in [-0.2, -0.15) is 0 Å². The molecular weight excluding hydrogens is 248 g/mol. The van der Waals surface area contributed by atoms with Gasteiger partial charge < -0.3 is 9.88 Å². The lowest BCUT2D eigenvalue weighted by atomic mass is 10.3. The number of pyridine rings is 1. The Morgan fingerprint density at radius 3 is 2.85 bits per heavy atom. The van der Waals surface area contributed by atoms with Gasteiger partial charge in [0, 0.05) is 18.9 Å². The zero-order chi connectivity index (χ0) is 13.8. The normalized spacial score (nSPS) is 10.8. The molecule has 2 aromatic heterocycles. The first kappa shape index (κ1) is 12.7. The van der Waals surface area contributed by atoms with Crippen LogP contribution < -0.4 is 5.32 Å². The average molecular weight is 266 g/mol. The Morgan fingerprint density at radius 1 is 1.15 bits per heavy atom. The van der Waals surface area contributed by atoms with Crippen LogP contribution in [0.4, 0.5) is 5.69 Å². The van der Waals surface area contributed by atoms with Crippen LogP contribution in [0.1, 0.15) is 19.2 Å². The fraction of sp³-hybridized carbons (Fsp3) is 0.250. The van der Waals surface area contributed by atoms with Crippen molar-refractivity contribution >= 4 is 16.7 Å². The van der Waals surface area contributed by atoms with Crippen molar-refractivity contribution in [3.8, 4) is 0 Å². The number of para-hydroxylation sites is 2. The number of nitrogens with one attached hydrogen (secondary N) is 1. The Hall–Kier alpha value is -2.36. The van der Waals surface area contributed by atoms with Crippen LogP contribution in [0.3, 0.4) is 0 Å². The number of benzene rings is 1. The number of hydrogen-bond acceptors (Lipinski definition) is 3. The Labute approximate surface area is 118 Å². The second-order valence-electron chi connectivity index (χ2n) is 4.76. The number of rotatable bonds is 5. The Morgan fingerprint density at radius 2 is 2.05 bits per heavy atom. The van der Waals surface area contributed by atoms with E-state index < -0.39 is 0 Å². The maximum atomic E-state index is 4.73. The lowest BCUT2D eigenvalue weighted by molar-refractivity contribution is 0.661. The molecule has 0 spiro atoms. The van der Waals surface area contributed by atoms with Gasteiger partial charge in [-0.3, -0.25) is 4.98 Å². The predicted molar refractivity (Wildman–Crippen MR) is 81.6 cm³/mol. The van der Waals surface area contributed by atoms with Crippen LogP contribution in [0, 0.1) is 0 Å². The van der Waals surface area contributed by atoms with E-state index in [0.29, 0.717) is 6.54 Å². The molecule has 0 aliphatic carbocycles. The zero-order valence-corrected chi connectivity index (χ0v) is 11.6. The van der Waals surface area contributed by atoms with E-state index in [1.54, 1.807) is 6.20 Å². The van der Waals surface area contributed by atoms with E-state index in [4.69, 9.17) is 4.98 Å². The number of hydrogen-bond donors (Lipinski definition) is 1. The molecule has 102 valence electrons. The van der Waals surface area contributed by atoms with Crippen molar-refractivity contribution in [3.63, 3.8) is 0 Å². The molecule has 3 rings (SSSR count). The summed E-state index contributed by atoms with van der Waals surface area (Å²) in [7, 11) is 0. The number of nitrogens with zero attached hydrogens (tertiary/aromatic N) is 3. The molecular formula is C16H18N4. The summed E-state index contributed by atoms with van der Waals surface area (Å²) < 4.78 is 2.29. The first-order valence-electron chi connectivity index (χ1n) is 6.96. The van der Waals surface area contributed by atoms with Gasteiger partial charge >= 0.3 is 0 Å². The number of imidazole rings is 1. The molecule has 0 amide bonds. The summed E-state index contributed by atoms with van der Waals surface area (Å²) in [6, 6.07) is 12.2. The summed E-state index contributed by atoms with van der Waals surface area (Å²) in [6.45, 7) is 3.89. The molecule has 4 heteroatoms. The highest BCUT2D eigenvalue weighted by atomic mass is 15.1. The van der Waals surface area contributed by atoms with Gasteiger partial charge in [-0.1, -0.05) is 19.1 Å². The molecule has 0 saturated carbocycles. The molecule has 2 heterocycles. The minimum Gasteiger partial charge on any atom is -0.377 e. The number of aryl methyl sites for hydroxylation is 1. The maximum absolute atomic E-state index is 4.73. The molecule has 4 nitrogen and oxygen atoms in total. The molecule has 20 heavy (non-hydrogen) atoms. The maximum Gasteiger partial charge on any atom is 0.129 e. The van der Waals surface area contributed by atoms with E-state index in [-0.39, 0.29) is 0 Å². The second-order valence-corrected chi connectivity index (χ2v) is 4.76. The van der Waals surface area contributed by atoms with Gasteiger partial charge in [0.05, 0.1) is 23.3 Å². The third-order valence-corrected chi connectivity index (χ3v) is 3.29. The number of anilines is 1. The molecule has 0 bridgehead atoms. The fourth-order valence-corrected chi connectivity index (χ4v) is 2.38. The van der Waals surface area contributed by atoms with Crippen LogP contribution in [0.2, 0.25) is 0 Å². The van der Waals surface area contributed by atoms with Crippen LogP contribution in [0.5, 0.6) is 0 Å². The van der Waals surface area contributed by atoms with E-state index in [2.05, 4.69) is 40.0 Å². The van der Waals surface area contributed by atoms with Gasteiger partial charge in [0.2, 0.25) is 0 Å². The number of fused-ring (bicyclic) bond motifs is 1. The standard InChI is InChI=1S/C16H18N4/c1-2-10-20-15-8-4-3-7-14(15)19-16(20)12-18-13-6-5-9-17-11-13/h3-9,11,18H,2,10,12H2,1H3. The monoisotopic (exact) mass is 266 g/mol. The quantitative estimate of drug-likeness (QED) is 0.769. The van der Waals surface area contributed by atoms with Gasteiger partial charge in [-0.25, -0.2) is 4.98 Å². The van der Waals surface area contributed by atoms with Crippen LogP contribution in [0.25, 0.3) is 11.0 Å². The highest BCUT2D eigenvalue weighted by Crippen LogP contribution is 2.17. The van der Waals surface area contributed by atoms with Gasteiger partial charge in [0.1, 0.15) is 5.82 Å². The highest BCUT2D eigenvalue weighted by molar-refractivity contribution is 5.76. The van der Waals surface area contributed by atoms with Gasteiger partial charge in [0.25, 0.3) is 0 Å². The van der Waals surface area contributed by atoms with Crippen molar-refractivity contribution in [3.05, 3.63) is 54.6 Å². The van der Waals surface area contributed by atoms with Crippen molar-refractivity contribution in [1.82, 2.24) is 14.5 Å². The van der Waals surface area contributed by atoms with Gasteiger partial charge in [0.15, 0.2) is 0 Å². The minimum atomic E-state index is 0.709. The Kier molecular flexibility index (Phi) is 3.63. The first-order valence-corrected chi connectivity index (χ1v) is 6.96. The van der Waals surface area contributed by atoms with Crippen LogP contribution >= 0.6 is 0 Å². The summed E-state index contributed by atoms with van der Waals surface area (Å²) in [4.78, 5) is 8.84.